The lowest BCUT2D eigenvalue weighted by Gasteiger charge is -2.34. The summed E-state index contributed by atoms with van der Waals surface area (Å²) in [5, 5.41) is 2.63. The van der Waals surface area contributed by atoms with E-state index in [0.29, 0.717) is 10.8 Å². The van der Waals surface area contributed by atoms with E-state index in [9.17, 15) is 14.4 Å². The van der Waals surface area contributed by atoms with Gasteiger partial charge >= 0.3 is 0 Å². The summed E-state index contributed by atoms with van der Waals surface area (Å²) in [4.78, 5) is 47.3. The zero-order chi connectivity index (χ0) is 24.8. The summed E-state index contributed by atoms with van der Waals surface area (Å²) in [5.41, 5.74) is 2.12. The summed E-state index contributed by atoms with van der Waals surface area (Å²) < 4.78 is 5.56. The van der Waals surface area contributed by atoms with Crippen molar-refractivity contribution in [2.75, 3.05) is 13.2 Å². The molecular weight excluding hydrogens is 498 g/mol. The van der Waals surface area contributed by atoms with Gasteiger partial charge in [0.2, 0.25) is 5.91 Å². The molecule has 1 unspecified atom stereocenters. The van der Waals surface area contributed by atoms with Crippen molar-refractivity contribution in [1.29, 1.82) is 0 Å². The normalized spacial score (nSPS) is 27.2. The first-order valence-corrected chi connectivity index (χ1v) is 14.2. The average Bonchev–Trinajstić information content (AvgIpc) is 3.35. The Morgan fingerprint density at radius 1 is 1.11 bits per heavy atom. The number of carbonyl (C=O) groups is 3. The Kier molecular flexibility index (Phi) is 6.60. The highest BCUT2D eigenvalue weighted by Crippen LogP contribution is 2.39. The summed E-state index contributed by atoms with van der Waals surface area (Å²) in [6.45, 7) is 0.241. The van der Waals surface area contributed by atoms with E-state index >= 15 is 0 Å². The van der Waals surface area contributed by atoms with Gasteiger partial charge in [-0.3, -0.25) is 19.4 Å². The van der Waals surface area contributed by atoms with Gasteiger partial charge < -0.3 is 15.0 Å². The minimum Gasteiger partial charge on any atom is -0.366 e. The molecule has 2 aromatic rings. The molecule has 0 spiro atoms. The van der Waals surface area contributed by atoms with Gasteiger partial charge in [0, 0.05) is 34.8 Å². The highest BCUT2D eigenvalue weighted by Gasteiger charge is 2.53. The molecule has 2 saturated heterocycles. The molecule has 2 amide bonds. The van der Waals surface area contributed by atoms with Crippen LogP contribution in [0.3, 0.4) is 0 Å². The zero-order valence-corrected chi connectivity index (χ0v) is 21.6. The van der Waals surface area contributed by atoms with E-state index in [1.165, 1.54) is 24.2 Å². The lowest BCUT2D eigenvalue weighted by atomic mass is 9.83. The van der Waals surface area contributed by atoms with E-state index in [1.807, 2.05) is 18.3 Å². The van der Waals surface area contributed by atoms with Crippen LogP contribution in [0, 0.1) is 5.92 Å². The Labute approximate surface area is 219 Å². The Hall–Kier alpha value is -2.29. The maximum absolute atomic E-state index is 13.8. The predicted molar refractivity (Wildman–Crippen MR) is 137 cm³/mol. The molecule has 4 heterocycles. The van der Waals surface area contributed by atoms with E-state index in [4.69, 9.17) is 16.3 Å². The van der Waals surface area contributed by atoms with Crippen molar-refractivity contribution in [2.45, 2.75) is 74.4 Å². The van der Waals surface area contributed by atoms with Crippen molar-refractivity contribution in [3.8, 4) is 10.4 Å². The molecule has 0 radical (unpaired) electrons. The first-order valence-electron chi connectivity index (χ1n) is 13.0. The molecular formula is C27H30ClN3O4S. The highest BCUT2D eigenvalue weighted by molar-refractivity contribution is 7.17. The number of aromatic nitrogens is 1. The molecule has 0 bridgehead atoms. The molecule has 2 saturated carbocycles. The van der Waals surface area contributed by atoms with Gasteiger partial charge in [-0.05, 0) is 49.8 Å². The second kappa shape index (κ2) is 9.88. The number of ketones is 1. The molecule has 4 atom stereocenters. The van der Waals surface area contributed by atoms with Gasteiger partial charge in [-0.25, -0.2) is 0 Å². The van der Waals surface area contributed by atoms with Crippen LogP contribution in [-0.4, -0.2) is 64.2 Å². The zero-order valence-electron chi connectivity index (χ0n) is 20.0. The monoisotopic (exact) mass is 527 g/mol. The standard InChI is InChI=1S/C27H30ClN3O4S/c28-18-13-31(24-20(32)14-35-25(18)24)27(34)23(16-4-2-1-3-5-16)30-26(33)22-11-10-21(36-22)17-8-9-19(29-12-17)15-6-7-15/h8-12,15-16,18,23-25H,1-7,13-14H2,(H,30,33)/t18-,23?,24+,25+/m0/s1. The van der Waals surface area contributed by atoms with Crippen molar-refractivity contribution in [1.82, 2.24) is 15.2 Å². The third-order valence-corrected chi connectivity index (χ3v) is 9.50. The first-order chi connectivity index (χ1) is 17.5. The Morgan fingerprint density at radius 3 is 2.64 bits per heavy atom. The summed E-state index contributed by atoms with van der Waals surface area (Å²) in [5.74, 6) is 0.0475. The number of thiophene rings is 1. The van der Waals surface area contributed by atoms with Gasteiger partial charge in [0.25, 0.3) is 5.91 Å². The number of likely N-dealkylation sites (tertiary alicyclic amines) is 1. The van der Waals surface area contributed by atoms with E-state index in [0.717, 1.165) is 48.2 Å². The minimum absolute atomic E-state index is 0.0166. The Bertz CT molecular complexity index is 1160. The molecule has 4 fully saturated rings. The number of amides is 2. The number of carbonyl (C=O) groups excluding carboxylic acids is 3. The second-order valence-electron chi connectivity index (χ2n) is 10.5. The van der Waals surface area contributed by atoms with E-state index < -0.39 is 23.6 Å². The smallest absolute Gasteiger partial charge is 0.262 e. The van der Waals surface area contributed by atoms with Gasteiger partial charge in [0.15, 0.2) is 5.78 Å². The molecule has 2 aliphatic heterocycles. The van der Waals surface area contributed by atoms with Crippen molar-refractivity contribution in [3.63, 3.8) is 0 Å². The van der Waals surface area contributed by atoms with Crippen LogP contribution in [0.2, 0.25) is 0 Å². The summed E-state index contributed by atoms with van der Waals surface area (Å²) >= 11 is 7.84. The van der Waals surface area contributed by atoms with Crippen LogP contribution in [0.25, 0.3) is 10.4 Å². The maximum Gasteiger partial charge on any atom is 0.262 e. The quantitative estimate of drug-likeness (QED) is 0.570. The molecule has 7 nitrogen and oxygen atoms in total. The van der Waals surface area contributed by atoms with Gasteiger partial charge in [-0.1, -0.05) is 25.3 Å². The fourth-order valence-corrected chi connectivity index (χ4v) is 7.11. The molecule has 6 rings (SSSR count). The molecule has 2 aromatic heterocycles. The van der Waals surface area contributed by atoms with Crippen LogP contribution < -0.4 is 5.32 Å². The lowest BCUT2D eigenvalue weighted by molar-refractivity contribution is -0.139. The third kappa shape index (κ3) is 4.59. The number of ether oxygens (including phenoxy) is 1. The topological polar surface area (TPSA) is 88.6 Å². The number of rotatable bonds is 6. The number of hydrogen-bond donors (Lipinski definition) is 1. The number of nitrogens with zero attached hydrogens (tertiary/aromatic N) is 2. The number of hydrogen-bond acceptors (Lipinski definition) is 6. The first kappa shape index (κ1) is 24.1. The number of nitrogens with one attached hydrogen (secondary N) is 1. The van der Waals surface area contributed by atoms with Gasteiger partial charge in [-0.15, -0.1) is 22.9 Å². The van der Waals surface area contributed by atoms with E-state index in [-0.39, 0.29) is 36.7 Å². The maximum atomic E-state index is 13.8. The molecule has 4 aliphatic rings. The molecule has 0 aromatic carbocycles. The molecule has 1 N–H and O–H groups in total. The number of Topliss-reactive ketones (excluding diaryl/α,β-unsaturated/α-hetero) is 1. The Balaban J connectivity index is 1.20. The average molecular weight is 528 g/mol. The van der Waals surface area contributed by atoms with Crippen molar-refractivity contribution in [3.05, 3.63) is 41.0 Å². The van der Waals surface area contributed by atoms with Gasteiger partial charge in [0.05, 0.1) is 10.3 Å². The number of halogens is 1. The largest absolute Gasteiger partial charge is 0.366 e. The van der Waals surface area contributed by atoms with Crippen LogP contribution in [0.15, 0.2) is 30.5 Å². The fraction of sp³-hybridized carbons (Fsp3) is 0.556. The van der Waals surface area contributed by atoms with E-state index in [1.54, 1.807) is 4.90 Å². The minimum atomic E-state index is -0.682. The summed E-state index contributed by atoms with van der Waals surface area (Å²) in [7, 11) is 0. The SMILES string of the molecule is O=C(NC(C(=O)N1C[C@H](Cl)[C@H]2OCC(=O)[C@H]21)C1CCCCC1)c1ccc(-c2ccc(C3CC3)nc2)s1. The van der Waals surface area contributed by atoms with Crippen molar-refractivity contribution < 1.29 is 19.1 Å². The molecule has 190 valence electrons. The Morgan fingerprint density at radius 2 is 1.92 bits per heavy atom. The predicted octanol–water partition coefficient (Wildman–Crippen LogP) is 4.15. The number of alkyl halides is 1. The third-order valence-electron chi connectivity index (χ3n) is 7.98. The summed E-state index contributed by atoms with van der Waals surface area (Å²) in [6.07, 6.45) is 8.78. The number of pyridine rings is 1. The van der Waals surface area contributed by atoms with Crippen LogP contribution in [0.5, 0.6) is 0 Å². The van der Waals surface area contributed by atoms with E-state index in [2.05, 4.69) is 22.4 Å². The molecule has 2 aliphatic carbocycles. The van der Waals surface area contributed by atoms with Crippen LogP contribution in [0.1, 0.15) is 66.2 Å². The molecule has 9 heteroatoms. The second-order valence-corrected chi connectivity index (χ2v) is 12.1. The van der Waals surface area contributed by atoms with Crippen LogP contribution in [0.4, 0.5) is 0 Å². The van der Waals surface area contributed by atoms with Crippen molar-refractivity contribution >= 4 is 40.5 Å². The molecule has 36 heavy (non-hydrogen) atoms. The van der Waals surface area contributed by atoms with Crippen LogP contribution in [-0.2, 0) is 14.3 Å². The van der Waals surface area contributed by atoms with Crippen LogP contribution >= 0.6 is 22.9 Å². The summed E-state index contributed by atoms with van der Waals surface area (Å²) in [6, 6.07) is 6.55. The van der Waals surface area contributed by atoms with Gasteiger partial charge in [-0.2, -0.15) is 0 Å². The number of fused-ring (bicyclic) bond motifs is 1. The van der Waals surface area contributed by atoms with Gasteiger partial charge in [0.1, 0.15) is 24.8 Å². The fourth-order valence-electron chi connectivity index (χ4n) is 5.85. The lowest BCUT2D eigenvalue weighted by Crippen LogP contribution is -2.55. The van der Waals surface area contributed by atoms with Crippen molar-refractivity contribution in [2.24, 2.45) is 5.92 Å². The highest BCUT2D eigenvalue weighted by atomic mass is 35.5.